The molecule has 0 fully saturated rings. The van der Waals surface area contributed by atoms with Crippen LogP contribution < -0.4 is 9.46 Å². The SMILES string of the molecule is COc1ccc(S(=O)(=O)N[C@@H](c2cc3cccc(-c4cc([C@](C)(O)C(F)(F)F)ccn4)c3s2)c2ccccc2Cl)cc1. The number of hydrogen-bond donors (Lipinski definition) is 2. The third-order valence-corrected chi connectivity index (χ3v) is 9.89. The number of hydrogen-bond acceptors (Lipinski definition) is 6. The van der Waals surface area contributed by atoms with Crippen LogP contribution in [0.1, 0.15) is 29.0 Å². The quantitative estimate of drug-likeness (QED) is 0.185. The molecule has 3 aromatic carbocycles. The molecule has 2 atom stereocenters. The highest BCUT2D eigenvalue weighted by atomic mass is 35.5. The van der Waals surface area contributed by atoms with Crippen LogP contribution in [0.2, 0.25) is 5.02 Å². The minimum atomic E-state index is -4.89. The van der Waals surface area contributed by atoms with Crippen LogP contribution in [0, 0.1) is 0 Å². The summed E-state index contributed by atoms with van der Waals surface area (Å²) >= 11 is 7.79. The normalized spacial score (nSPS) is 14.5. The second-order valence-corrected chi connectivity index (χ2v) is 12.8. The van der Waals surface area contributed by atoms with Gasteiger partial charge in [0, 0.05) is 26.4 Å². The van der Waals surface area contributed by atoms with Crippen molar-refractivity contribution in [2.75, 3.05) is 7.11 Å². The van der Waals surface area contributed by atoms with Crippen molar-refractivity contribution in [3.63, 3.8) is 0 Å². The first kappa shape index (κ1) is 30.0. The summed E-state index contributed by atoms with van der Waals surface area (Å²) in [5.41, 5.74) is -2.15. The number of benzene rings is 3. The number of alkyl halides is 3. The molecule has 0 amide bonds. The number of halogens is 4. The van der Waals surface area contributed by atoms with Crippen molar-refractivity contribution in [2.45, 2.75) is 29.6 Å². The van der Waals surface area contributed by atoms with Gasteiger partial charge in [0.1, 0.15) is 5.75 Å². The Morgan fingerprint density at radius 2 is 1.71 bits per heavy atom. The lowest BCUT2D eigenvalue weighted by molar-refractivity contribution is -0.258. The Morgan fingerprint density at radius 3 is 2.38 bits per heavy atom. The summed E-state index contributed by atoms with van der Waals surface area (Å²) in [7, 11) is -2.56. The van der Waals surface area contributed by atoms with Crippen molar-refractivity contribution in [2.24, 2.45) is 0 Å². The van der Waals surface area contributed by atoms with E-state index in [4.69, 9.17) is 16.3 Å². The number of sulfonamides is 1. The zero-order chi connectivity index (χ0) is 30.3. The molecule has 0 aliphatic rings. The number of fused-ring (bicyclic) bond motifs is 1. The molecule has 5 aromatic rings. The molecule has 42 heavy (non-hydrogen) atoms. The van der Waals surface area contributed by atoms with E-state index in [1.54, 1.807) is 48.5 Å². The van der Waals surface area contributed by atoms with Gasteiger partial charge in [0.2, 0.25) is 10.0 Å². The number of nitrogens with one attached hydrogen (secondary N) is 1. The molecule has 0 bridgehead atoms. The lowest BCUT2D eigenvalue weighted by Crippen LogP contribution is -2.39. The molecule has 0 saturated carbocycles. The maximum absolute atomic E-state index is 13.5. The van der Waals surface area contributed by atoms with E-state index in [-0.39, 0.29) is 16.2 Å². The summed E-state index contributed by atoms with van der Waals surface area (Å²) in [5.74, 6) is 0.503. The maximum atomic E-state index is 13.5. The van der Waals surface area contributed by atoms with Crippen LogP contribution in [-0.4, -0.2) is 31.8 Å². The monoisotopic (exact) mass is 632 g/mol. The summed E-state index contributed by atoms with van der Waals surface area (Å²) in [6.45, 7) is 0.694. The summed E-state index contributed by atoms with van der Waals surface area (Å²) in [4.78, 5) is 4.91. The molecule has 2 N–H and O–H groups in total. The lowest BCUT2D eigenvalue weighted by atomic mass is 9.94. The topological polar surface area (TPSA) is 88.5 Å². The number of rotatable bonds is 8. The van der Waals surface area contributed by atoms with Gasteiger partial charge in [-0.25, -0.2) is 8.42 Å². The molecular weight excluding hydrogens is 609 g/mol. The van der Waals surface area contributed by atoms with Crippen LogP contribution >= 0.6 is 22.9 Å². The molecule has 6 nitrogen and oxygen atoms in total. The van der Waals surface area contributed by atoms with E-state index >= 15 is 0 Å². The molecule has 2 aromatic heterocycles. The number of nitrogens with zero attached hydrogens (tertiary/aromatic N) is 1. The van der Waals surface area contributed by atoms with Gasteiger partial charge >= 0.3 is 6.18 Å². The van der Waals surface area contributed by atoms with Crippen molar-refractivity contribution in [1.82, 2.24) is 9.71 Å². The number of pyridine rings is 1. The summed E-state index contributed by atoms with van der Waals surface area (Å²) < 4.78 is 76.2. The van der Waals surface area contributed by atoms with Crippen LogP contribution in [0.25, 0.3) is 21.3 Å². The Labute approximate surface area is 249 Å². The zero-order valence-electron chi connectivity index (χ0n) is 22.2. The fraction of sp³-hybridized carbons (Fsp3) is 0.167. The standard InChI is InChI=1S/C30H24ClF3N2O4S2/c1-29(37,30(32,33)34)19-14-15-35-25(17-19)23-8-5-6-18-16-26(41-28(18)23)27(22-7-3-4-9-24(22)31)36-42(38,39)21-12-10-20(40-2)11-13-21/h3-17,27,36-37H,1-2H3/t27-,29+/m1/s1. The van der Waals surface area contributed by atoms with Gasteiger partial charge in [-0.3, -0.25) is 4.98 Å². The lowest BCUT2D eigenvalue weighted by Gasteiger charge is -2.26. The van der Waals surface area contributed by atoms with E-state index in [0.717, 1.165) is 11.5 Å². The highest BCUT2D eigenvalue weighted by Gasteiger charge is 2.51. The van der Waals surface area contributed by atoms with Crippen LogP contribution in [0.5, 0.6) is 5.75 Å². The predicted octanol–water partition coefficient (Wildman–Crippen LogP) is 7.46. The first-order valence-corrected chi connectivity index (χ1v) is 15.2. The van der Waals surface area contributed by atoms with Gasteiger partial charge < -0.3 is 9.84 Å². The van der Waals surface area contributed by atoms with Gasteiger partial charge in [0.15, 0.2) is 5.60 Å². The van der Waals surface area contributed by atoms with Gasteiger partial charge in [0.25, 0.3) is 0 Å². The van der Waals surface area contributed by atoms with Gasteiger partial charge in [-0.05, 0) is 72.0 Å². The highest BCUT2D eigenvalue weighted by Crippen LogP contribution is 2.42. The zero-order valence-corrected chi connectivity index (χ0v) is 24.6. The van der Waals surface area contributed by atoms with E-state index in [1.807, 2.05) is 12.1 Å². The predicted molar refractivity (Wildman–Crippen MR) is 157 cm³/mol. The second-order valence-electron chi connectivity index (χ2n) is 9.62. The van der Waals surface area contributed by atoms with Gasteiger partial charge in [-0.15, -0.1) is 11.3 Å². The highest BCUT2D eigenvalue weighted by molar-refractivity contribution is 7.89. The molecule has 5 rings (SSSR count). The second kappa shape index (κ2) is 11.3. The molecular formula is C30H24ClF3N2O4S2. The molecule has 0 aliphatic carbocycles. The minimum absolute atomic E-state index is 0.0277. The molecule has 218 valence electrons. The summed E-state index contributed by atoms with van der Waals surface area (Å²) in [6.07, 6.45) is -3.68. The van der Waals surface area contributed by atoms with Gasteiger partial charge in [-0.2, -0.15) is 17.9 Å². The van der Waals surface area contributed by atoms with Crippen molar-refractivity contribution in [1.29, 1.82) is 0 Å². The Kier molecular flexibility index (Phi) is 8.08. The summed E-state index contributed by atoms with van der Waals surface area (Å²) in [5, 5.41) is 11.3. The molecule has 0 aliphatic heterocycles. The smallest absolute Gasteiger partial charge is 0.421 e. The first-order chi connectivity index (χ1) is 19.8. The van der Waals surface area contributed by atoms with Crippen LogP contribution in [0.4, 0.5) is 13.2 Å². The molecule has 12 heteroatoms. The van der Waals surface area contributed by atoms with Gasteiger partial charge in [-0.1, -0.05) is 48.0 Å². The molecule has 0 unspecified atom stereocenters. The van der Waals surface area contributed by atoms with Crippen LogP contribution in [0.15, 0.2) is 96.0 Å². The van der Waals surface area contributed by atoms with Crippen molar-refractivity contribution in [3.05, 3.63) is 112 Å². The number of aromatic nitrogens is 1. The van der Waals surface area contributed by atoms with Crippen LogP contribution in [0.3, 0.4) is 0 Å². The number of ether oxygens (including phenoxy) is 1. The summed E-state index contributed by atoms with van der Waals surface area (Å²) in [6, 6.07) is 21.3. The third-order valence-electron chi connectivity index (χ3n) is 6.86. The van der Waals surface area contributed by atoms with Crippen molar-refractivity contribution >= 4 is 43.0 Å². The fourth-order valence-electron chi connectivity index (χ4n) is 4.43. The number of thiophene rings is 1. The largest absolute Gasteiger partial charge is 0.497 e. The van der Waals surface area contributed by atoms with Crippen molar-refractivity contribution in [3.8, 4) is 17.0 Å². The Bertz CT molecular complexity index is 1860. The van der Waals surface area contributed by atoms with E-state index in [2.05, 4.69) is 9.71 Å². The maximum Gasteiger partial charge on any atom is 0.421 e. The van der Waals surface area contributed by atoms with E-state index in [9.17, 15) is 26.7 Å². The number of aliphatic hydroxyl groups is 1. The van der Waals surface area contributed by atoms with Gasteiger partial charge in [0.05, 0.1) is 23.7 Å². The Balaban J connectivity index is 1.62. The van der Waals surface area contributed by atoms with E-state index in [1.165, 1.54) is 42.8 Å². The van der Waals surface area contributed by atoms with Crippen LogP contribution in [-0.2, 0) is 15.6 Å². The minimum Gasteiger partial charge on any atom is -0.497 e. The molecule has 0 radical (unpaired) electrons. The average Bonchev–Trinajstić information content (AvgIpc) is 3.40. The molecule has 0 saturated heterocycles. The Morgan fingerprint density at radius 1 is 1.00 bits per heavy atom. The van der Waals surface area contributed by atoms with E-state index < -0.39 is 27.8 Å². The number of methoxy groups -OCH3 is 1. The van der Waals surface area contributed by atoms with Crippen molar-refractivity contribution < 1.29 is 31.4 Å². The Hall–Kier alpha value is -3.48. The third kappa shape index (κ3) is 5.75. The molecule has 0 spiro atoms. The average molecular weight is 633 g/mol. The fourth-order valence-corrected chi connectivity index (χ4v) is 7.20. The van der Waals surface area contributed by atoms with E-state index in [0.29, 0.717) is 38.4 Å². The molecule has 2 heterocycles. The first-order valence-electron chi connectivity index (χ1n) is 12.5.